The Balaban J connectivity index is 1.88. The molecular formula is C22H24N2O4S. The van der Waals surface area contributed by atoms with Crippen molar-refractivity contribution in [3.05, 3.63) is 88.5 Å². The third-order valence-electron chi connectivity index (χ3n) is 4.90. The minimum absolute atomic E-state index is 0.0228. The lowest BCUT2D eigenvalue weighted by molar-refractivity contribution is 0.0962. The van der Waals surface area contributed by atoms with Crippen LogP contribution >= 0.6 is 0 Å². The first-order chi connectivity index (χ1) is 13.8. The number of benzene rings is 1. The molecule has 0 aliphatic heterocycles. The van der Waals surface area contributed by atoms with Crippen molar-refractivity contribution in [3.63, 3.8) is 0 Å². The first-order valence-electron chi connectivity index (χ1n) is 9.19. The summed E-state index contributed by atoms with van der Waals surface area (Å²) in [6.45, 7) is 3.46. The number of hydrogen-bond donors (Lipinski definition) is 0. The summed E-state index contributed by atoms with van der Waals surface area (Å²) in [4.78, 5) is 12.9. The van der Waals surface area contributed by atoms with Crippen molar-refractivity contribution < 1.29 is 17.6 Å². The van der Waals surface area contributed by atoms with Gasteiger partial charge in [0.1, 0.15) is 5.76 Å². The Kier molecular flexibility index (Phi) is 6.20. The van der Waals surface area contributed by atoms with Gasteiger partial charge in [-0.15, -0.1) is 0 Å². The molecule has 1 aromatic carbocycles. The number of aryl methyl sites for hydroxylation is 1. The number of rotatable bonds is 8. The molecule has 0 saturated heterocycles. The standard InChI is InChI=1S/C22H24N2O4S/c1-17-14-21(18(2)23(17)3)22(25)16-24(15-20-10-7-12-28-20)29(26,27)13-11-19-8-5-4-6-9-19/h4-14H,15-16H2,1-3H3/b13-11+. The van der Waals surface area contributed by atoms with E-state index < -0.39 is 10.0 Å². The Morgan fingerprint density at radius 2 is 1.86 bits per heavy atom. The zero-order valence-electron chi connectivity index (χ0n) is 16.7. The highest BCUT2D eigenvalue weighted by Crippen LogP contribution is 2.18. The molecule has 2 heterocycles. The van der Waals surface area contributed by atoms with Gasteiger partial charge in [0, 0.05) is 29.4 Å². The smallest absolute Gasteiger partial charge is 0.237 e. The summed E-state index contributed by atoms with van der Waals surface area (Å²) in [5.74, 6) is 0.213. The molecule has 0 radical (unpaired) electrons. The van der Waals surface area contributed by atoms with Crippen molar-refractivity contribution in [3.8, 4) is 0 Å². The largest absolute Gasteiger partial charge is 0.468 e. The molecule has 0 aliphatic carbocycles. The van der Waals surface area contributed by atoms with Crippen LogP contribution < -0.4 is 0 Å². The highest BCUT2D eigenvalue weighted by Gasteiger charge is 2.26. The summed E-state index contributed by atoms with van der Waals surface area (Å²) < 4.78 is 34.3. The van der Waals surface area contributed by atoms with Gasteiger partial charge < -0.3 is 8.98 Å². The second kappa shape index (κ2) is 8.63. The molecule has 3 rings (SSSR count). The van der Waals surface area contributed by atoms with Gasteiger partial charge in [-0.05, 0) is 43.7 Å². The van der Waals surface area contributed by atoms with E-state index in [2.05, 4.69) is 0 Å². The second-order valence-corrected chi connectivity index (χ2v) is 8.69. The van der Waals surface area contributed by atoms with E-state index in [9.17, 15) is 13.2 Å². The maximum atomic E-state index is 13.0. The average molecular weight is 413 g/mol. The SMILES string of the molecule is Cc1cc(C(=O)CN(Cc2ccco2)S(=O)(=O)/C=C/c2ccccc2)c(C)n1C. The number of sulfonamides is 1. The summed E-state index contributed by atoms with van der Waals surface area (Å²) in [6.07, 6.45) is 3.00. The van der Waals surface area contributed by atoms with Gasteiger partial charge in [-0.1, -0.05) is 30.3 Å². The van der Waals surface area contributed by atoms with Crippen molar-refractivity contribution in [2.75, 3.05) is 6.54 Å². The molecule has 0 bridgehead atoms. The van der Waals surface area contributed by atoms with Crippen LogP contribution in [0.25, 0.3) is 6.08 Å². The Morgan fingerprint density at radius 1 is 1.14 bits per heavy atom. The van der Waals surface area contributed by atoms with Crippen LogP contribution in [0.5, 0.6) is 0 Å². The van der Waals surface area contributed by atoms with E-state index in [-0.39, 0.29) is 18.9 Å². The van der Waals surface area contributed by atoms with Gasteiger partial charge >= 0.3 is 0 Å². The molecule has 29 heavy (non-hydrogen) atoms. The number of carbonyl (C=O) groups is 1. The fraction of sp³-hybridized carbons (Fsp3) is 0.227. The van der Waals surface area contributed by atoms with Crippen LogP contribution in [0, 0.1) is 13.8 Å². The van der Waals surface area contributed by atoms with Gasteiger partial charge in [0.2, 0.25) is 10.0 Å². The second-order valence-electron chi connectivity index (χ2n) is 6.87. The van der Waals surface area contributed by atoms with Gasteiger partial charge in [0.25, 0.3) is 0 Å². The number of furan rings is 1. The third kappa shape index (κ3) is 4.93. The number of carbonyl (C=O) groups excluding carboxylic acids is 1. The van der Waals surface area contributed by atoms with E-state index >= 15 is 0 Å². The van der Waals surface area contributed by atoms with Crippen molar-refractivity contribution in [2.24, 2.45) is 7.05 Å². The van der Waals surface area contributed by atoms with E-state index in [1.165, 1.54) is 12.3 Å². The van der Waals surface area contributed by atoms with Crippen molar-refractivity contribution >= 4 is 21.9 Å². The van der Waals surface area contributed by atoms with Gasteiger partial charge in [-0.2, -0.15) is 4.31 Å². The summed E-state index contributed by atoms with van der Waals surface area (Å²) in [7, 11) is -1.97. The normalized spacial score (nSPS) is 12.1. The van der Waals surface area contributed by atoms with E-state index in [1.807, 2.05) is 55.8 Å². The topological polar surface area (TPSA) is 72.5 Å². The van der Waals surface area contributed by atoms with Crippen LogP contribution in [0.4, 0.5) is 0 Å². The number of ketones is 1. The fourth-order valence-electron chi connectivity index (χ4n) is 3.01. The number of aromatic nitrogens is 1. The molecule has 0 saturated carbocycles. The Labute approximate surface area is 171 Å². The van der Waals surface area contributed by atoms with Crippen LogP contribution in [-0.4, -0.2) is 29.6 Å². The summed E-state index contributed by atoms with van der Waals surface area (Å²) in [5.41, 5.74) is 3.03. The molecule has 0 atom stereocenters. The highest BCUT2D eigenvalue weighted by atomic mass is 32.2. The minimum atomic E-state index is -3.85. The molecule has 7 heteroatoms. The lowest BCUT2D eigenvalue weighted by Gasteiger charge is -2.18. The fourth-order valence-corrected chi connectivity index (χ4v) is 4.12. The van der Waals surface area contributed by atoms with Crippen LogP contribution in [0.1, 0.15) is 33.1 Å². The molecule has 0 spiro atoms. The van der Waals surface area contributed by atoms with E-state index in [4.69, 9.17) is 4.42 Å². The molecule has 3 aromatic rings. The van der Waals surface area contributed by atoms with Gasteiger partial charge in [0.15, 0.2) is 5.78 Å². The number of Topliss-reactive ketones (excluding diaryl/α,β-unsaturated/α-hetero) is 1. The van der Waals surface area contributed by atoms with Gasteiger partial charge in [-0.25, -0.2) is 8.42 Å². The summed E-state index contributed by atoms with van der Waals surface area (Å²) in [5, 5.41) is 1.13. The first-order valence-corrected chi connectivity index (χ1v) is 10.7. The quantitative estimate of drug-likeness (QED) is 0.526. The predicted octanol–water partition coefficient (Wildman–Crippen LogP) is 3.92. The maximum absolute atomic E-state index is 13.0. The van der Waals surface area contributed by atoms with Crippen molar-refractivity contribution in [1.82, 2.24) is 8.87 Å². The Hall–Kier alpha value is -2.90. The summed E-state index contributed by atoms with van der Waals surface area (Å²) in [6, 6.07) is 14.3. The minimum Gasteiger partial charge on any atom is -0.468 e. The molecule has 6 nitrogen and oxygen atoms in total. The van der Waals surface area contributed by atoms with Crippen molar-refractivity contribution in [1.29, 1.82) is 0 Å². The number of nitrogens with zero attached hydrogens (tertiary/aromatic N) is 2. The first kappa shape index (κ1) is 20.8. The molecule has 0 fully saturated rings. The van der Waals surface area contributed by atoms with Gasteiger partial charge in [0.05, 0.1) is 19.4 Å². The molecule has 152 valence electrons. The van der Waals surface area contributed by atoms with Crippen LogP contribution in [0.3, 0.4) is 0 Å². The Morgan fingerprint density at radius 3 is 2.45 bits per heavy atom. The van der Waals surface area contributed by atoms with Crippen molar-refractivity contribution in [2.45, 2.75) is 20.4 Å². The number of hydrogen-bond acceptors (Lipinski definition) is 4. The molecular weight excluding hydrogens is 388 g/mol. The highest BCUT2D eigenvalue weighted by molar-refractivity contribution is 7.92. The summed E-state index contributed by atoms with van der Waals surface area (Å²) >= 11 is 0. The monoisotopic (exact) mass is 412 g/mol. The molecule has 0 amide bonds. The molecule has 0 unspecified atom stereocenters. The Bertz CT molecular complexity index is 1110. The molecule has 0 N–H and O–H groups in total. The van der Waals surface area contributed by atoms with Gasteiger partial charge in [-0.3, -0.25) is 4.79 Å². The zero-order chi connectivity index (χ0) is 21.0. The maximum Gasteiger partial charge on any atom is 0.237 e. The predicted molar refractivity (Wildman–Crippen MR) is 113 cm³/mol. The molecule has 0 aliphatic rings. The van der Waals surface area contributed by atoms with E-state index in [1.54, 1.807) is 18.2 Å². The lowest BCUT2D eigenvalue weighted by Crippen LogP contribution is -2.34. The average Bonchev–Trinajstić information content (AvgIpc) is 3.31. The van der Waals surface area contributed by atoms with E-state index in [0.717, 1.165) is 26.7 Å². The zero-order valence-corrected chi connectivity index (χ0v) is 17.5. The lowest BCUT2D eigenvalue weighted by atomic mass is 10.1. The van der Waals surface area contributed by atoms with Crippen LogP contribution in [0.15, 0.2) is 64.6 Å². The molecule has 2 aromatic heterocycles. The van der Waals surface area contributed by atoms with Crippen LogP contribution in [0.2, 0.25) is 0 Å². The third-order valence-corrected chi connectivity index (χ3v) is 6.36. The van der Waals surface area contributed by atoms with E-state index in [0.29, 0.717) is 11.3 Å². The van der Waals surface area contributed by atoms with Crippen LogP contribution in [-0.2, 0) is 23.6 Å².